The molecule has 0 aliphatic carbocycles. The fourth-order valence-electron chi connectivity index (χ4n) is 2.66. The van der Waals surface area contributed by atoms with Gasteiger partial charge in [-0.25, -0.2) is 0 Å². The topological polar surface area (TPSA) is 48.0 Å². The zero-order chi connectivity index (χ0) is 13.2. The van der Waals surface area contributed by atoms with Gasteiger partial charge in [-0.05, 0) is 18.6 Å². The largest absolute Gasteiger partial charge is 0.370 e. The van der Waals surface area contributed by atoms with Gasteiger partial charge in [0, 0.05) is 34.8 Å². The van der Waals surface area contributed by atoms with E-state index >= 15 is 0 Å². The summed E-state index contributed by atoms with van der Waals surface area (Å²) in [4.78, 5) is 10.9. The van der Waals surface area contributed by atoms with Crippen molar-refractivity contribution in [1.29, 1.82) is 0 Å². The van der Waals surface area contributed by atoms with Crippen LogP contribution in [0.4, 0.5) is 0 Å². The van der Waals surface area contributed by atoms with Crippen molar-refractivity contribution in [3.05, 3.63) is 48.5 Å². The molecule has 0 aliphatic heterocycles. The lowest BCUT2D eigenvalue weighted by molar-refractivity contribution is -0.118. The van der Waals surface area contributed by atoms with E-state index in [2.05, 4.69) is 41.0 Å². The highest BCUT2D eigenvalue weighted by Gasteiger charge is 2.09. The summed E-state index contributed by atoms with van der Waals surface area (Å²) < 4.78 is 2.27. The summed E-state index contributed by atoms with van der Waals surface area (Å²) >= 11 is 0. The molecule has 0 spiro atoms. The number of benzene rings is 2. The highest BCUT2D eigenvalue weighted by Crippen LogP contribution is 2.28. The van der Waals surface area contributed by atoms with E-state index in [0.717, 1.165) is 13.0 Å². The van der Waals surface area contributed by atoms with Gasteiger partial charge in [0.25, 0.3) is 0 Å². The normalized spacial score (nSPS) is 11.2. The van der Waals surface area contributed by atoms with E-state index in [4.69, 9.17) is 5.73 Å². The quantitative estimate of drug-likeness (QED) is 0.762. The molecule has 0 saturated carbocycles. The van der Waals surface area contributed by atoms with Crippen LogP contribution in [0.2, 0.25) is 0 Å². The third-order valence-electron chi connectivity index (χ3n) is 3.48. The second-order valence-corrected chi connectivity index (χ2v) is 4.76. The molecule has 1 amide bonds. The van der Waals surface area contributed by atoms with Gasteiger partial charge < -0.3 is 10.3 Å². The van der Waals surface area contributed by atoms with Gasteiger partial charge in [-0.2, -0.15) is 0 Å². The van der Waals surface area contributed by atoms with Crippen LogP contribution >= 0.6 is 0 Å². The number of aryl methyl sites for hydroxylation is 1. The molecule has 3 rings (SSSR count). The van der Waals surface area contributed by atoms with E-state index in [9.17, 15) is 4.79 Å². The summed E-state index contributed by atoms with van der Waals surface area (Å²) in [5.41, 5.74) is 7.64. The fourth-order valence-corrected chi connectivity index (χ4v) is 2.66. The summed E-state index contributed by atoms with van der Waals surface area (Å²) in [7, 11) is 0. The summed E-state index contributed by atoms with van der Waals surface area (Å²) in [6.45, 7) is 0.816. The lowest BCUT2D eigenvalue weighted by Crippen LogP contribution is -2.11. The van der Waals surface area contributed by atoms with Crippen molar-refractivity contribution in [1.82, 2.24) is 4.57 Å². The molecule has 0 radical (unpaired) electrons. The molecular weight excluding hydrogens is 236 g/mol. The molecule has 1 heterocycles. The Labute approximate surface area is 111 Å². The third-order valence-corrected chi connectivity index (χ3v) is 3.48. The van der Waals surface area contributed by atoms with Crippen molar-refractivity contribution in [2.45, 2.75) is 19.4 Å². The average Bonchev–Trinajstić information content (AvgIpc) is 2.74. The van der Waals surface area contributed by atoms with Crippen molar-refractivity contribution in [3.63, 3.8) is 0 Å². The number of para-hydroxylation sites is 2. The number of nitrogens with zero attached hydrogens (tertiary/aromatic N) is 1. The van der Waals surface area contributed by atoms with Crippen LogP contribution in [-0.4, -0.2) is 10.5 Å². The first-order chi connectivity index (χ1) is 9.27. The first-order valence-electron chi connectivity index (χ1n) is 6.51. The van der Waals surface area contributed by atoms with E-state index in [-0.39, 0.29) is 5.91 Å². The van der Waals surface area contributed by atoms with Crippen molar-refractivity contribution >= 4 is 27.7 Å². The first-order valence-corrected chi connectivity index (χ1v) is 6.51. The molecule has 2 aromatic carbocycles. The van der Waals surface area contributed by atoms with Crippen molar-refractivity contribution in [2.75, 3.05) is 0 Å². The molecule has 3 heteroatoms. The minimum Gasteiger partial charge on any atom is -0.370 e. The van der Waals surface area contributed by atoms with Crippen LogP contribution in [0.25, 0.3) is 21.8 Å². The Morgan fingerprint density at radius 2 is 1.47 bits per heavy atom. The van der Waals surface area contributed by atoms with Crippen LogP contribution in [0, 0.1) is 0 Å². The number of rotatable bonds is 4. The molecular formula is C16H16N2O. The third kappa shape index (κ3) is 2.08. The fraction of sp³-hybridized carbons (Fsp3) is 0.188. The number of hydrogen-bond donors (Lipinski definition) is 1. The number of amides is 1. The minimum atomic E-state index is -0.235. The summed E-state index contributed by atoms with van der Waals surface area (Å²) in [6.07, 6.45) is 1.21. The van der Waals surface area contributed by atoms with Crippen molar-refractivity contribution < 1.29 is 4.79 Å². The number of fused-ring (bicyclic) bond motifs is 3. The maximum absolute atomic E-state index is 10.9. The Balaban J connectivity index is 2.11. The van der Waals surface area contributed by atoms with Crippen LogP contribution in [0.15, 0.2) is 48.5 Å². The van der Waals surface area contributed by atoms with Gasteiger partial charge in [-0.1, -0.05) is 36.4 Å². The second-order valence-electron chi connectivity index (χ2n) is 4.76. The number of primary amides is 1. The van der Waals surface area contributed by atoms with Gasteiger partial charge in [0.15, 0.2) is 0 Å². The number of nitrogens with two attached hydrogens (primary N) is 1. The number of hydrogen-bond acceptors (Lipinski definition) is 1. The molecule has 0 unspecified atom stereocenters. The second kappa shape index (κ2) is 4.76. The Kier molecular flexibility index (Phi) is 2.95. The molecule has 0 fully saturated rings. The van der Waals surface area contributed by atoms with Crippen LogP contribution in [0.5, 0.6) is 0 Å². The standard InChI is InChI=1S/C16H16N2O/c17-16(19)10-5-11-18-14-8-3-1-6-12(14)13-7-2-4-9-15(13)18/h1-4,6-9H,5,10-11H2,(H2,17,19). The highest BCUT2D eigenvalue weighted by molar-refractivity contribution is 6.07. The van der Waals surface area contributed by atoms with Gasteiger partial charge in [0.1, 0.15) is 0 Å². The SMILES string of the molecule is NC(=O)CCCn1c2ccccc2c2ccccc21. The van der Waals surface area contributed by atoms with Crippen LogP contribution in [0.1, 0.15) is 12.8 Å². The van der Waals surface area contributed by atoms with Gasteiger partial charge in [-0.15, -0.1) is 0 Å². The number of carbonyl (C=O) groups excluding carboxylic acids is 1. The molecule has 3 nitrogen and oxygen atoms in total. The number of aromatic nitrogens is 1. The zero-order valence-corrected chi connectivity index (χ0v) is 10.7. The summed E-state index contributed by atoms with van der Waals surface area (Å²) in [6, 6.07) is 16.7. The molecule has 19 heavy (non-hydrogen) atoms. The molecule has 1 aromatic heterocycles. The Morgan fingerprint density at radius 1 is 0.947 bits per heavy atom. The molecule has 3 aromatic rings. The van der Waals surface area contributed by atoms with E-state index in [1.807, 2.05) is 12.1 Å². The Bertz CT molecular complexity index is 689. The maximum atomic E-state index is 10.9. The minimum absolute atomic E-state index is 0.235. The molecule has 0 atom stereocenters. The molecule has 0 bridgehead atoms. The molecule has 2 N–H and O–H groups in total. The highest BCUT2D eigenvalue weighted by atomic mass is 16.1. The van der Waals surface area contributed by atoms with Crippen LogP contribution < -0.4 is 5.73 Å². The molecule has 96 valence electrons. The maximum Gasteiger partial charge on any atom is 0.217 e. The van der Waals surface area contributed by atoms with Gasteiger partial charge in [0.05, 0.1) is 0 Å². The lowest BCUT2D eigenvalue weighted by Gasteiger charge is -2.06. The first kappa shape index (κ1) is 11.8. The smallest absolute Gasteiger partial charge is 0.217 e. The van der Waals surface area contributed by atoms with Crippen molar-refractivity contribution in [3.8, 4) is 0 Å². The number of carbonyl (C=O) groups is 1. The van der Waals surface area contributed by atoms with E-state index < -0.39 is 0 Å². The molecule has 0 aliphatic rings. The average molecular weight is 252 g/mol. The van der Waals surface area contributed by atoms with Crippen molar-refractivity contribution in [2.24, 2.45) is 5.73 Å². The Morgan fingerprint density at radius 3 is 2.00 bits per heavy atom. The molecule has 0 saturated heterocycles. The van der Waals surface area contributed by atoms with Gasteiger partial charge >= 0.3 is 0 Å². The van der Waals surface area contributed by atoms with Gasteiger partial charge in [0.2, 0.25) is 5.91 Å². The Hall–Kier alpha value is -2.29. The monoisotopic (exact) mass is 252 g/mol. The van der Waals surface area contributed by atoms with Crippen LogP contribution in [-0.2, 0) is 11.3 Å². The summed E-state index contributed by atoms with van der Waals surface area (Å²) in [5.74, 6) is -0.235. The van der Waals surface area contributed by atoms with E-state index in [1.54, 1.807) is 0 Å². The van der Waals surface area contributed by atoms with E-state index in [1.165, 1.54) is 21.8 Å². The van der Waals surface area contributed by atoms with E-state index in [0.29, 0.717) is 6.42 Å². The van der Waals surface area contributed by atoms with Crippen LogP contribution in [0.3, 0.4) is 0 Å². The lowest BCUT2D eigenvalue weighted by atomic mass is 10.2. The predicted molar refractivity (Wildman–Crippen MR) is 77.9 cm³/mol. The summed E-state index contributed by atoms with van der Waals surface area (Å²) in [5, 5.41) is 2.52. The zero-order valence-electron chi connectivity index (χ0n) is 10.7. The predicted octanol–water partition coefficient (Wildman–Crippen LogP) is 3.06. The van der Waals surface area contributed by atoms with Gasteiger partial charge in [-0.3, -0.25) is 4.79 Å².